The van der Waals surface area contributed by atoms with Gasteiger partial charge in [-0.3, -0.25) is 9.59 Å². The van der Waals surface area contributed by atoms with E-state index in [4.69, 9.17) is 9.47 Å². The van der Waals surface area contributed by atoms with Gasteiger partial charge in [-0.1, -0.05) is 0 Å². The van der Waals surface area contributed by atoms with Crippen LogP contribution in [-0.4, -0.2) is 79.9 Å². The first kappa shape index (κ1) is 19.7. The maximum atomic E-state index is 12.2. The van der Waals surface area contributed by atoms with E-state index >= 15 is 0 Å². The van der Waals surface area contributed by atoms with Crippen molar-refractivity contribution in [3.05, 3.63) is 0 Å². The fraction of sp³-hybridized carbons (Fsp3) is 0.857. The maximum Gasteiger partial charge on any atom is 0.397 e. The number of rotatable bonds is 7. The van der Waals surface area contributed by atoms with Crippen molar-refractivity contribution < 1.29 is 32.2 Å². The van der Waals surface area contributed by atoms with Crippen LogP contribution >= 0.6 is 0 Å². The van der Waals surface area contributed by atoms with E-state index in [1.54, 1.807) is 6.92 Å². The van der Waals surface area contributed by atoms with Gasteiger partial charge in [0.25, 0.3) is 5.91 Å². The molecule has 1 heterocycles. The summed E-state index contributed by atoms with van der Waals surface area (Å²) < 4.78 is 47.1. The normalized spacial score (nSPS) is 17.3. The highest BCUT2D eigenvalue weighted by atomic mass is 19.4. The fourth-order valence-electron chi connectivity index (χ4n) is 2.22. The molecule has 0 unspecified atom stereocenters. The van der Waals surface area contributed by atoms with Crippen molar-refractivity contribution >= 4 is 11.8 Å². The van der Waals surface area contributed by atoms with Crippen LogP contribution < -0.4 is 0 Å². The Kier molecular flexibility index (Phi) is 7.77. The first-order valence-corrected chi connectivity index (χ1v) is 7.57. The minimum Gasteiger partial charge on any atom is -0.379 e. The van der Waals surface area contributed by atoms with Gasteiger partial charge in [0.1, 0.15) is 12.5 Å². The lowest BCUT2D eigenvalue weighted by Gasteiger charge is -2.36. The molecule has 0 saturated carbocycles. The van der Waals surface area contributed by atoms with Gasteiger partial charge in [0.2, 0.25) is 5.91 Å². The number of carbonyl (C=O) groups is 2. The summed E-state index contributed by atoms with van der Waals surface area (Å²) in [5.74, 6) is -1.19. The Hall–Kier alpha value is -1.35. The van der Waals surface area contributed by atoms with Crippen LogP contribution in [0, 0.1) is 0 Å². The molecular weight excluding hydrogens is 317 g/mol. The third kappa shape index (κ3) is 7.17. The number of alkyl halides is 3. The second-order valence-electron chi connectivity index (χ2n) is 5.21. The van der Waals surface area contributed by atoms with E-state index in [1.165, 1.54) is 4.90 Å². The summed E-state index contributed by atoms with van der Waals surface area (Å²) in [6.07, 6.45) is -6.61. The average Bonchev–Trinajstić information content (AvgIpc) is 2.49. The van der Waals surface area contributed by atoms with Crippen LogP contribution in [0.25, 0.3) is 0 Å². The zero-order valence-corrected chi connectivity index (χ0v) is 13.4. The number of hydrogen-bond acceptors (Lipinski definition) is 4. The van der Waals surface area contributed by atoms with Crippen LogP contribution in [0.3, 0.4) is 0 Å². The molecule has 1 atom stereocenters. The van der Waals surface area contributed by atoms with Gasteiger partial charge in [0.05, 0.1) is 13.2 Å². The van der Waals surface area contributed by atoms with Crippen molar-refractivity contribution in [1.29, 1.82) is 0 Å². The quantitative estimate of drug-likeness (QED) is 0.650. The number of hydrogen-bond donors (Lipinski definition) is 0. The Balaban J connectivity index is 2.34. The molecule has 0 aliphatic carbocycles. The topological polar surface area (TPSA) is 59.1 Å². The molecule has 1 aliphatic heterocycles. The summed E-state index contributed by atoms with van der Waals surface area (Å²) in [7, 11) is 0. The van der Waals surface area contributed by atoms with E-state index in [2.05, 4.69) is 0 Å². The number of halogens is 3. The molecular formula is C14H23F3N2O4. The molecule has 2 amide bonds. The smallest absolute Gasteiger partial charge is 0.379 e. The molecule has 0 radical (unpaired) electrons. The molecule has 0 N–H and O–H groups in total. The van der Waals surface area contributed by atoms with Crippen molar-refractivity contribution in [2.24, 2.45) is 0 Å². The standard InChI is InChI=1S/C14H23F3N2O4/c1-3-22-8-9-23-11(2)13(21)19-6-4-18(5-7-19)12(20)10-14(15,16)17/h11H,3-10H2,1-2H3/t11-/m0/s1. The van der Waals surface area contributed by atoms with Crippen molar-refractivity contribution in [2.45, 2.75) is 32.5 Å². The van der Waals surface area contributed by atoms with E-state index in [-0.39, 0.29) is 32.1 Å². The summed E-state index contributed by atoms with van der Waals surface area (Å²) >= 11 is 0. The first-order valence-electron chi connectivity index (χ1n) is 7.57. The molecule has 23 heavy (non-hydrogen) atoms. The van der Waals surface area contributed by atoms with Crippen LogP contribution in [-0.2, 0) is 19.1 Å². The molecule has 1 fully saturated rings. The van der Waals surface area contributed by atoms with E-state index in [0.29, 0.717) is 19.8 Å². The first-order chi connectivity index (χ1) is 10.7. The molecule has 1 aliphatic rings. The molecule has 0 aromatic carbocycles. The Morgan fingerprint density at radius 2 is 1.65 bits per heavy atom. The van der Waals surface area contributed by atoms with Crippen molar-refractivity contribution in [3.8, 4) is 0 Å². The highest BCUT2D eigenvalue weighted by molar-refractivity contribution is 5.81. The third-order valence-corrected chi connectivity index (χ3v) is 3.44. The van der Waals surface area contributed by atoms with Gasteiger partial charge in [0, 0.05) is 32.8 Å². The van der Waals surface area contributed by atoms with Crippen molar-refractivity contribution in [3.63, 3.8) is 0 Å². The van der Waals surface area contributed by atoms with Gasteiger partial charge in [0.15, 0.2) is 0 Å². The lowest BCUT2D eigenvalue weighted by Crippen LogP contribution is -2.53. The van der Waals surface area contributed by atoms with Gasteiger partial charge in [-0.2, -0.15) is 13.2 Å². The lowest BCUT2D eigenvalue weighted by molar-refractivity contribution is -0.164. The second-order valence-corrected chi connectivity index (χ2v) is 5.21. The summed E-state index contributed by atoms with van der Waals surface area (Å²) in [5, 5.41) is 0. The molecule has 0 aromatic rings. The predicted molar refractivity (Wildman–Crippen MR) is 75.7 cm³/mol. The Morgan fingerprint density at radius 1 is 1.09 bits per heavy atom. The molecule has 6 nitrogen and oxygen atoms in total. The van der Waals surface area contributed by atoms with Crippen molar-refractivity contribution in [2.75, 3.05) is 46.0 Å². The third-order valence-electron chi connectivity index (χ3n) is 3.44. The van der Waals surface area contributed by atoms with Gasteiger partial charge in [-0.15, -0.1) is 0 Å². The predicted octanol–water partition coefficient (Wildman–Crippen LogP) is 1.05. The van der Waals surface area contributed by atoms with E-state index in [9.17, 15) is 22.8 Å². The van der Waals surface area contributed by atoms with Crippen LogP contribution in [0.2, 0.25) is 0 Å². The number of ether oxygens (including phenoxy) is 2. The fourth-order valence-corrected chi connectivity index (χ4v) is 2.22. The molecule has 0 aromatic heterocycles. The summed E-state index contributed by atoms with van der Waals surface area (Å²) in [6, 6.07) is 0. The Labute approximate surface area is 133 Å². The monoisotopic (exact) mass is 340 g/mol. The molecule has 0 spiro atoms. The van der Waals surface area contributed by atoms with Gasteiger partial charge < -0.3 is 19.3 Å². The van der Waals surface area contributed by atoms with E-state index in [1.807, 2.05) is 6.92 Å². The highest BCUT2D eigenvalue weighted by Gasteiger charge is 2.35. The summed E-state index contributed by atoms with van der Waals surface area (Å²) in [4.78, 5) is 26.3. The summed E-state index contributed by atoms with van der Waals surface area (Å²) in [5.41, 5.74) is 0. The van der Waals surface area contributed by atoms with Gasteiger partial charge in [-0.05, 0) is 13.8 Å². The Bertz CT molecular complexity index is 396. The molecule has 9 heteroatoms. The molecule has 134 valence electrons. The number of carbonyl (C=O) groups excluding carboxylic acids is 2. The number of amides is 2. The number of piperazine rings is 1. The SMILES string of the molecule is CCOCCO[C@@H](C)C(=O)N1CCN(C(=O)CC(F)(F)F)CC1. The van der Waals surface area contributed by atoms with Crippen molar-refractivity contribution in [1.82, 2.24) is 9.80 Å². The van der Waals surface area contributed by atoms with Crippen LogP contribution in [0.1, 0.15) is 20.3 Å². The highest BCUT2D eigenvalue weighted by Crippen LogP contribution is 2.21. The zero-order valence-electron chi connectivity index (χ0n) is 13.4. The summed E-state index contributed by atoms with van der Waals surface area (Å²) in [6.45, 7) is 5.36. The van der Waals surface area contributed by atoms with Gasteiger partial charge >= 0.3 is 6.18 Å². The van der Waals surface area contributed by atoms with Crippen LogP contribution in [0.5, 0.6) is 0 Å². The maximum absolute atomic E-state index is 12.2. The molecule has 1 saturated heterocycles. The largest absolute Gasteiger partial charge is 0.397 e. The molecule has 1 rings (SSSR count). The average molecular weight is 340 g/mol. The van der Waals surface area contributed by atoms with Crippen LogP contribution in [0.15, 0.2) is 0 Å². The molecule has 0 bridgehead atoms. The van der Waals surface area contributed by atoms with Gasteiger partial charge in [-0.25, -0.2) is 0 Å². The van der Waals surface area contributed by atoms with Crippen LogP contribution in [0.4, 0.5) is 13.2 Å². The number of nitrogens with zero attached hydrogens (tertiary/aromatic N) is 2. The zero-order chi connectivity index (χ0) is 17.5. The second kappa shape index (κ2) is 9.07. The minimum atomic E-state index is -4.51. The minimum absolute atomic E-state index is 0.103. The van der Waals surface area contributed by atoms with E-state index < -0.39 is 24.6 Å². The lowest BCUT2D eigenvalue weighted by atomic mass is 10.2. The van der Waals surface area contributed by atoms with E-state index in [0.717, 1.165) is 4.90 Å². The Morgan fingerprint density at radius 3 is 2.17 bits per heavy atom.